The summed E-state index contributed by atoms with van der Waals surface area (Å²) in [4.78, 5) is 4.49. The number of benzene rings is 1. The molecule has 1 N–H and O–H groups in total. The third kappa shape index (κ3) is 2.68. The van der Waals surface area contributed by atoms with Gasteiger partial charge >= 0.3 is 0 Å². The molecule has 0 aliphatic carbocycles. The fraction of sp³-hybridized carbons (Fsp3) is 0.200. The number of fused-ring (bicyclic) bond motifs is 1. The Balaban J connectivity index is 2.18. The first kappa shape index (κ1) is 10.9. The molecule has 1 aromatic carbocycles. The second-order valence-corrected chi connectivity index (χ2v) is 5.82. The highest BCUT2D eigenvalue weighted by atomic mass is 32.2. The number of nitrogens with zero attached hydrogens (tertiary/aromatic N) is 1. The zero-order valence-corrected chi connectivity index (χ0v) is 10.6. The zero-order chi connectivity index (χ0) is 10.7. The number of thioether (sulfide) groups is 1. The minimum Gasteiger partial charge on any atom is -0.371 e. The summed E-state index contributed by atoms with van der Waals surface area (Å²) in [6, 6.07) is 8.12. The molecule has 0 aliphatic heterocycles. The minimum atomic E-state index is 0.788. The van der Waals surface area contributed by atoms with E-state index in [9.17, 15) is 0 Å². The number of thiazole rings is 1. The van der Waals surface area contributed by atoms with Crippen LogP contribution in [-0.2, 0) is 0 Å². The van der Waals surface area contributed by atoms with E-state index >= 15 is 0 Å². The fourth-order valence-electron chi connectivity index (χ4n) is 1.15. The molecule has 1 heterocycles. The lowest BCUT2D eigenvalue weighted by Gasteiger charge is -2.00. The number of aromatic nitrogens is 1. The van der Waals surface area contributed by atoms with Crippen molar-refractivity contribution in [1.82, 2.24) is 10.3 Å². The van der Waals surface area contributed by atoms with Crippen molar-refractivity contribution < 1.29 is 0 Å². The summed E-state index contributed by atoms with van der Waals surface area (Å²) in [7, 11) is 0. The van der Waals surface area contributed by atoms with Gasteiger partial charge in [0.25, 0.3) is 0 Å². The molecule has 2 aromatic rings. The zero-order valence-electron chi connectivity index (χ0n) is 8.19. The Bertz CT molecular complexity index is 445. The lowest BCUT2D eigenvalue weighted by Crippen LogP contribution is -2.16. The molecule has 0 fully saturated rings. The fourth-order valence-corrected chi connectivity index (χ4v) is 3.60. The molecule has 78 valence electrons. The van der Waals surface area contributed by atoms with E-state index in [0.717, 1.165) is 20.7 Å². The van der Waals surface area contributed by atoms with E-state index < -0.39 is 0 Å². The third-order valence-corrected chi connectivity index (χ3v) is 4.10. The molecule has 0 amide bonds. The normalized spacial score (nSPS) is 10.5. The van der Waals surface area contributed by atoms with Gasteiger partial charge in [-0.15, -0.1) is 11.3 Å². The van der Waals surface area contributed by atoms with Crippen LogP contribution >= 0.6 is 35.3 Å². The van der Waals surface area contributed by atoms with Crippen LogP contribution in [0.1, 0.15) is 6.92 Å². The maximum absolute atomic E-state index is 5.16. The second-order valence-electron chi connectivity index (χ2n) is 2.87. The van der Waals surface area contributed by atoms with Crippen molar-refractivity contribution in [2.75, 3.05) is 6.54 Å². The van der Waals surface area contributed by atoms with Gasteiger partial charge in [0.1, 0.15) is 4.32 Å². The van der Waals surface area contributed by atoms with Gasteiger partial charge in [0.2, 0.25) is 0 Å². The molecule has 0 radical (unpaired) electrons. The van der Waals surface area contributed by atoms with Crippen LogP contribution in [0, 0.1) is 0 Å². The largest absolute Gasteiger partial charge is 0.371 e. The average molecular weight is 254 g/mol. The number of para-hydroxylation sites is 1. The Hall–Kier alpha value is -0.650. The van der Waals surface area contributed by atoms with Crippen molar-refractivity contribution in [3.05, 3.63) is 24.3 Å². The predicted octanol–water partition coefficient (Wildman–Crippen LogP) is 3.28. The first-order chi connectivity index (χ1) is 7.29. The van der Waals surface area contributed by atoms with Crippen LogP contribution in [0.2, 0.25) is 0 Å². The Morgan fingerprint density at radius 1 is 1.53 bits per heavy atom. The van der Waals surface area contributed by atoms with Gasteiger partial charge < -0.3 is 5.32 Å². The second kappa shape index (κ2) is 4.92. The maximum Gasteiger partial charge on any atom is 0.158 e. The van der Waals surface area contributed by atoms with Crippen molar-refractivity contribution in [1.29, 1.82) is 0 Å². The molecular weight excluding hydrogens is 244 g/mol. The van der Waals surface area contributed by atoms with Crippen LogP contribution in [0.15, 0.2) is 28.6 Å². The van der Waals surface area contributed by atoms with Gasteiger partial charge in [0.15, 0.2) is 4.34 Å². The number of hydrogen-bond acceptors (Lipinski definition) is 4. The summed E-state index contributed by atoms with van der Waals surface area (Å²) in [6.07, 6.45) is 0. The minimum absolute atomic E-state index is 0.788. The number of hydrogen-bond donors (Lipinski definition) is 1. The summed E-state index contributed by atoms with van der Waals surface area (Å²) in [5, 5.41) is 3.10. The van der Waals surface area contributed by atoms with Gasteiger partial charge in [0.05, 0.1) is 10.2 Å². The van der Waals surface area contributed by atoms with Crippen molar-refractivity contribution in [2.24, 2.45) is 0 Å². The Kier molecular flexibility index (Phi) is 3.56. The molecule has 0 saturated heterocycles. The average Bonchev–Trinajstić information content (AvgIpc) is 2.59. The first-order valence-corrected chi connectivity index (χ1v) is 6.65. The van der Waals surface area contributed by atoms with Crippen molar-refractivity contribution >= 4 is 49.9 Å². The van der Waals surface area contributed by atoms with Crippen LogP contribution in [0.25, 0.3) is 10.2 Å². The third-order valence-electron chi connectivity index (χ3n) is 1.78. The standard InChI is InChI=1S/C10H10N2S3/c1-2-11-9(13)15-10-12-7-5-3-4-6-8(7)14-10/h3-6H,2H2,1H3,(H,11,13). The Morgan fingerprint density at radius 2 is 2.33 bits per heavy atom. The monoisotopic (exact) mass is 254 g/mol. The molecular formula is C10H10N2S3. The van der Waals surface area contributed by atoms with Crippen LogP contribution in [0.3, 0.4) is 0 Å². The molecule has 0 unspecified atom stereocenters. The Morgan fingerprint density at radius 3 is 3.07 bits per heavy atom. The summed E-state index contributed by atoms with van der Waals surface area (Å²) in [6.45, 7) is 2.89. The summed E-state index contributed by atoms with van der Waals surface area (Å²) < 4.78 is 3.00. The Labute approximate surface area is 102 Å². The molecule has 0 saturated carbocycles. The topological polar surface area (TPSA) is 24.9 Å². The first-order valence-electron chi connectivity index (χ1n) is 4.61. The molecule has 15 heavy (non-hydrogen) atoms. The number of thiocarbonyl (C=S) groups is 1. The van der Waals surface area contributed by atoms with Crippen LogP contribution in [-0.4, -0.2) is 15.8 Å². The molecule has 0 bridgehead atoms. The smallest absolute Gasteiger partial charge is 0.158 e. The van der Waals surface area contributed by atoms with Gasteiger partial charge in [-0.1, -0.05) is 24.4 Å². The van der Waals surface area contributed by atoms with Crippen molar-refractivity contribution in [3.8, 4) is 0 Å². The van der Waals surface area contributed by atoms with Gasteiger partial charge in [-0.25, -0.2) is 4.98 Å². The van der Waals surface area contributed by atoms with Crippen molar-refractivity contribution in [2.45, 2.75) is 11.3 Å². The van der Waals surface area contributed by atoms with E-state index in [0.29, 0.717) is 0 Å². The highest BCUT2D eigenvalue weighted by molar-refractivity contribution is 8.23. The highest BCUT2D eigenvalue weighted by Gasteiger charge is 2.05. The molecule has 0 spiro atoms. The lowest BCUT2D eigenvalue weighted by atomic mass is 10.3. The summed E-state index contributed by atoms with van der Waals surface area (Å²) in [5.74, 6) is 0. The van der Waals surface area contributed by atoms with E-state index in [1.807, 2.05) is 25.1 Å². The predicted molar refractivity (Wildman–Crippen MR) is 71.8 cm³/mol. The molecule has 0 atom stereocenters. The van der Waals surface area contributed by atoms with Crippen LogP contribution in [0.5, 0.6) is 0 Å². The number of rotatable bonds is 2. The van der Waals surface area contributed by atoms with E-state index in [1.54, 1.807) is 11.3 Å². The van der Waals surface area contributed by atoms with Gasteiger partial charge in [0, 0.05) is 6.54 Å². The van der Waals surface area contributed by atoms with Gasteiger partial charge in [-0.2, -0.15) is 0 Å². The lowest BCUT2D eigenvalue weighted by molar-refractivity contribution is 0.995. The summed E-state index contributed by atoms with van der Waals surface area (Å²) >= 11 is 8.36. The van der Waals surface area contributed by atoms with E-state index in [-0.39, 0.29) is 0 Å². The van der Waals surface area contributed by atoms with Gasteiger partial charge in [-0.05, 0) is 30.8 Å². The van der Waals surface area contributed by atoms with E-state index in [2.05, 4.69) is 16.4 Å². The molecule has 2 rings (SSSR count). The van der Waals surface area contributed by atoms with E-state index in [1.165, 1.54) is 16.5 Å². The SMILES string of the molecule is CCNC(=S)Sc1nc2ccccc2s1. The quantitative estimate of drug-likeness (QED) is 0.657. The summed E-state index contributed by atoms with van der Waals surface area (Å²) in [5.41, 5.74) is 1.05. The van der Waals surface area contributed by atoms with E-state index in [4.69, 9.17) is 12.2 Å². The highest BCUT2D eigenvalue weighted by Crippen LogP contribution is 2.29. The molecule has 1 aromatic heterocycles. The molecule has 5 heteroatoms. The molecule has 0 aliphatic rings. The molecule has 2 nitrogen and oxygen atoms in total. The van der Waals surface area contributed by atoms with Gasteiger partial charge in [-0.3, -0.25) is 0 Å². The number of nitrogens with one attached hydrogen (secondary N) is 1. The maximum atomic E-state index is 5.16. The van der Waals surface area contributed by atoms with Crippen LogP contribution in [0.4, 0.5) is 0 Å². The van der Waals surface area contributed by atoms with Crippen molar-refractivity contribution in [3.63, 3.8) is 0 Å². The van der Waals surface area contributed by atoms with Crippen LogP contribution < -0.4 is 5.32 Å².